The van der Waals surface area contributed by atoms with Crippen LogP contribution in [0.1, 0.15) is 50.5 Å². The molecule has 156 valence electrons. The summed E-state index contributed by atoms with van der Waals surface area (Å²) in [5.41, 5.74) is -0.445. The zero-order chi connectivity index (χ0) is 21.1. The Labute approximate surface area is 169 Å². The van der Waals surface area contributed by atoms with Crippen LogP contribution in [-0.4, -0.2) is 56.5 Å². The van der Waals surface area contributed by atoms with Gasteiger partial charge in [0.05, 0.1) is 18.5 Å². The Morgan fingerprint density at radius 2 is 1.83 bits per heavy atom. The molecule has 8 heteroatoms. The Balaban J connectivity index is 1.88. The van der Waals surface area contributed by atoms with E-state index < -0.39 is 17.6 Å². The van der Waals surface area contributed by atoms with Gasteiger partial charge in [0.15, 0.2) is 11.8 Å². The number of aliphatic hydroxyl groups excluding tert-OH is 1. The van der Waals surface area contributed by atoms with E-state index in [-0.39, 0.29) is 36.8 Å². The van der Waals surface area contributed by atoms with Crippen molar-refractivity contribution in [3.05, 3.63) is 40.3 Å². The molecule has 2 aromatic rings. The summed E-state index contributed by atoms with van der Waals surface area (Å²) >= 11 is 0. The highest BCUT2D eigenvalue weighted by Gasteiger charge is 2.33. The maximum absolute atomic E-state index is 12.9. The van der Waals surface area contributed by atoms with Gasteiger partial charge in [0.25, 0.3) is 11.5 Å². The number of aromatic nitrogens is 2. The molecular weight excluding hydrogens is 374 g/mol. The number of benzene rings is 1. The van der Waals surface area contributed by atoms with Gasteiger partial charge in [0, 0.05) is 17.5 Å². The van der Waals surface area contributed by atoms with E-state index >= 15 is 0 Å². The number of carbonyl (C=O) groups is 2. The molecule has 0 aliphatic carbocycles. The number of likely N-dealkylation sites (tertiary alicyclic amines) is 1. The van der Waals surface area contributed by atoms with Crippen LogP contribution in [0.25, 0.3) is 10.8 Å². The summed E-state index contributed by atoms with van der Waals surface area (Å²) in [4.78, 5) is 40.0. The third kappa shape index (κ3) is 4.17. The number of amides is 1. The fraction of sp³-hybridized carbons (Fsp3) is 0.524. The molecule has 3 atom stereocenters. The van der Waals surface area contributed by atoms with E-state index in [4.69, 9.17) is 4.74 Å². The Morgan fingerprint density at radius 3 is 2.45 bits per heavy atom. The fourth-order valence-electron chi connectivity index (χ4n) is 3.96. The van der Waals surface area contributed by atoms with E-state index in [1.165, 1.54) is 0 Å². The van der Waals surface area contributed by atoms with Crippen molar-refractivity contribution in [3.63, 3.8) is 0 Å². The lowest BCUT2D eigenvalue weighted by Crippen LogP contribution is -2.51. The molecule has 1 amide bonds. The lowest BCUT2D eigenvalue weighted by molar-refractivity contribution is -0.146. The molecule has 0 radical (unpaired) electrons. The largest absolute Gasteiger partial charge is 0.448 e. The Bertz CT molecular complexity index is 960. The summed E-state index contributed by atoms with van der Waals surface area (Å²) in [5, 5.41) is 13.9. The highest BCUT2D eigenvalue weighted by molar-refractivity contribution is 6.02. The van der Waals surface area contributed by atoms with Crippen LogP contribution >= 0.6 is 0 Å². The molecule has 0 saturated carbocycles. The van der Waals surface area contributed by atoms with Crippen molar-refractivity contribution in [1.29, 1.82) is 0 Å². The summed E-state index contributed by atoms with van der Waals surface area (Å²) < 4.78 is 6.50. The zero-order valence-corrected chi connectivity index (χ0v) is 17.0. The summed E-state index contributed by atoms with van der Waals surface area (Å²) in [5.74, 6) is -1.00. The predicted molar refractivity (Wildman–Crippen MR) is 108 cm³/mol. The number of ether oxygens (including phenoxy) is 1. The Morgan fingerprint density at radius 1 is 1.21 bits per heavy atom. The number of esters is 1. The van der Waals surface area contributed by atoms with Gasteiger partial charge >= 0.3 is 5.97 Å². The minimum absolute atomic E-state index is 0.0404. The van der Waals surface area contributed by atoms with E-state index in [9.17, 15) is 19.5 Å². The second-order valence-electron chi connectivity index (χ2n) is 7.57. The summed E-state index contributed by atoms with van der Waals surface area (Å²) in [7, 11) is 0. The molecule has 1 N–H and O–H groups in total. The van der Waals surface area contributed by atoms with E-state index in [0.717, 1.165) is 23.9 Å². The molecule has 1 aliphatic heterocycles. The number of rotatable bonds is 5. The smallest absolute Gasteiger partial charge is 0.360 e. The number of nitrogens with zero attached hydrogens (tertiary/aromatic N) is 3. The van der Waals surface area contributed by atoms with Crippen molar-refractivity contribution >= 4 is 22.6 Å². The molecular formula is C21H27N3O5. The van der Waals surface area contributed by atoms with Crippen LogP contribution in [0.4, 0.5) is 0 Å². The quantitative estimate of drug-likeness (QED) is 0.766. The molecule has 2 heterocycles. The minimum Gasteiger partial charge on any atom is -0.448 e. The van der Waals surface area contributed by atoms with Crippen molar-refractivity contribution in [2.45, 2.75) is 64.8 Å². The predicted octanol–water partition coefficient (Wildman–Crippen LogP) is 1.72. The molecule has 0 unspecified atom stereocenters. The Kier molecular flexibility index (Phi) is 6.32. The number of aliphatic hydroxyl groups is 1. The van der Waals surface area contributed by atoms with Crippen molar-refractivity contribution in [1.82, 2.24) is 14.7 Å². The van der Waals surface area contributed by atoms with Gasteiger partial charge in [-0.3, -0.25) is 9.59 Å². The average molecular weight is 401 g/mol. The molecule has 1 aromatic carbocycles. The molecule has 29 heavy (non-hydrogen) atoms. The molecule has 0 spiro atoms. The van der Waals surface area contributed by atoms with Gasteiger partial charge in [0.1, 0.15) is 0 Å². The van der Waals surface area contributed by atoms with Gasteiger partial charge in [-0.1, -0.05) is 18.2 Å². The minimum atomic E-state index is -0.968. The molecule has 3 rings (SSSR count). The SMILES string of the molecule is C[C@@H](OC(=O)c1nn(CCO)c(=O)c2ccccc12)C(=O)N1[C@@H](C)CCC[C@@H]1C. The maximum Gasteiger partial charge on any atom is 0.360 e. The lowest BCUT2D eigenvalue weighted by Gasteiger charge is -2.40. The molecule has 0 bridgehead atoms. The standard InChI is InChI=1S/C21H27N3O5/c1-13-7-6-8-14(2)24(13)19(26)15(3)29-21(28)18-16-9-4-5-10-17(16)20(27)23(22-18)11-12-25/h4-5,9-10,13-15,25H,6-8,11-12H2,1-3H3/t13-,14-,15+/m0/s1. The first-order chi connectivity index (χ1) is 13.8. The van der Waals surface area contributed by atoms with Gasteiger partial charge in [-0.05, 0) is 46.1 Å². The van der Waals surface area contributed by atoms with E-state index in [1.54, 1.807) is 36.1 Å². The first kappa shape index (κ1) is 21.0. The van der Waals surface area contributed by atoms with Crippen LogP contribution in [0.2, 0.25) is 0 Å². The van der Waals surface area contributed by atoms with Gasteiger partial charge in [0.2, 0.25) is 0 Å². The monoisotopic (exact) mass is 401 g/mol. The lowest BCUT2D eigenvalue weighted by atomic mass is 9.97. The fourth-order valence-corrected chi connectivity index (χ4v) is 3.96. The number of hydrogen-bond acceptors (Lipinski definition) is 6. The van der Waals surface area contributed by atoms with Crippen LogP contribution in [0, 0.1) is 0 Å². The third-order valence-corrected chi connectivity index (χ3v) is 5.45. The Hall–Kier alpha value is -2.74. The summed E-state index contributed by atoms with van der Waals surface area (Å²) in [6, 6.07) is 6.78. The van der Waals surface area contributed by atoms with Crippen molar-refractivity contribution in [2.75, 3.05) is 6.61 Å². The highest BCUT2D eigenvalue weighted by Crippen LogP contribution is 2.24. The summed E-state index contributed by atoms with van der Waals surface area (Å²) in [6.07, 6.45) is 1.96. The van der Waals surface area contributed by atoms with Gasteiger partial charge in [-0.2, -0.15) is 5.10 Å². The second-order valence-corrected chi connectivity index (χ2v) is 7.57. The van der Waals surface area contributed by atoms with Crippen LogP contribution in [0.15, 0.2) is 29.1 Å². The topological polar surface area (TPSA) is 102 Å². The number of carbonyl (C=O) groups excluding carboxylic acids is 2. The van der Waals surface area contributed by atoms with E-state index in [2.05, 4.69) is 5.10 Å². The normalized spacial score (nSPS) is 20.5. The molecule has 8 nitrogen and oxygen atoms in total. The second kappa shape index (κ2) is 8.73. The molecule has 1 saturated heterocycles. The number of hydrogen-bond donors (Lipinski definition) is 1. The van der Waals surface area contributed by atoms with Crippen LogP contribution < -0.4 is 5.56 Å². The maximum atomic E-state index is 12.9. The summed E-state index contributed by atoms with van der Waals surface area (Å²) in [6.45, 7) is 5.23. The van der Waals surface area contributed by atoms with Gasteiger partial charge in [-0.15, -0.1) is 0 Å². The van der Waals surface area contributed by atoms with Crippen molar-refractivity contribution in [3.8, 4) is 0 Å². The van der Waals surface area contributed by atoms with Crippen LogP contribution in [-0.2, 0) is 16.1 Å². The van der Waals surface area contributed by atoms with Crippen molar-refractivity contribution in [2.24, 2.45) is 0 Å². The van der Waals surface area contributed by atoms with E-state index in [1.807, 2.05) is 13.8 Å². The molecule has 1 aromatic heterocycles. The first-order valence-corrected chi connectivity index (χ1v) is 9.99. The zero-order valence-electron chi connectivity index (χ0n) is 17.0. The highest BCUT2D eigenvalue weighted by atomic mass is 16.5. The van der Waals surface area contributed by atoms with Crippen LogP contribution in [0.5, 0.6) is 0 Å². The third-order valence-electron chi connectivity index (χ3n) is 5.45. The average Bonchev–Trinajstić information content (AvgIpc) is 2.70. The van der Waals surface area contributed by atoms with Crippen molar-refractivity contribution < 1.29 is 19.4 Å². The number of piperidine rings is 1. The molecule has 1 fully saturated rings. The van der Waals surface area contributed by atoms with Gasteiger partial charge in [-0.25, -0.2) is 9.48 Å². The van der Waals surface area contributed by atoms with Gasteiger partial charge < -0.3 is 14.7 Å². The first-order valence-electron chi connectivity index (χ1n) is 9.99. The molecule has 1 aliphatic rings. The number of fused-ring (bicyclic) bond motifs is 1. The van der Waals surface area contributed by atoms with Crippen LogP contribution in [0.3, 0.4) is 0 Å². The van der Waals surface area contributed by atoms with E-state index in [0.29, 0.717) is 10.8 Å².